The smallest absolute Gasteiger partial charge is 0.462 e. The van der Waals surface area contributed by atoms with Crippen LogP contribution in [0, 0.1) is 0 Å². The van der Waals surface area contributed by atoms with Crippen molar-refractivity contribution in [2.45, 2.75) is 264 Å². The number of esters is 2. The summed E-state index contributed by atoms with van der Waals surface area (Å²) in [5, 5.41) is 0. The highest BCUT2D eigenvalue weighted by molar-refractivity contribution is 7.47. The van der Waals surface area contributed by atoms with Crippen molar-refractivity contribution in [3.8, 4) is 0 Å². The number of carbonyl (C=O) groups excluding carboxylic acids is 2. The maximum atomic E-state index is 12.9. The van der Waals surface area contributed by atoms with E-state index >= 15 is 0 Å². The summed E-state index contributed by atoms with van der Waals surface area (Å²) >= 11 is 0. The average Bonchev–Trinajstić information content (AvgIpc) is 3.42. The van der Waals surface area contributed by atoms with Gasteiger partial charge in [0.1, 0.15) is 19.8 Å². The Morgan fingerprint density at radius 1 is 0.400 bits per heavy atom. The van der Waals surface area contributed by atoms with Gasteiger partial charge in [0.25, 0.3) is 0 Å². The lowest BCUT2D eigenvalue weighted by Gasteiger charge is -2.24. The van der Waals surface area contributed by atoms with Gasteiger partial charge in [0.2, 0.25) is 0 Å². The van der Waals surface area contributed by atoms with Crippen LogP contribution in [-0.2, 0) is 32.7 Å². The van der Waals surface area contributed by atoms with E-state index in [1.807, 2.05) is 21.1 Å². The van der Waals surface area contributed by atoms with E-state index in [4.69, 9.17) is 18.5 Å². The van der Waals surface area contributed by atoms with Crippen LogP contribution in [0.25, 0.3) is 0 Å². The zero-order valence-electron chi connectivity index (χ0n) is 52.0. The standard InChI is InChI=1S/C70H120NO8P/c1-6-8-10-12-14-16-18-20-22-24-26-28-30-31-32-33-34-35-36-37-38-39-41-43-45-47-49-51-53-55-57-59-61-63-70(73)79-68(67-78-80(74,75)77-65-64-71(3,4)5)66-76-69(72)62-60-58-56-54-52-50-48-46-44-42-40-29-27-25-23-21-19-17-15-13-11-9-7-2/h8,10,14,16,19-22,25-28,31-32,34-35,37-38,40,42,68H,6-7,9,11-13,15,17-18,23-24,29-30,33,36,39,41,43-67H2,1-5H3/p+1/b10-8-,16-14-,21-19-,22-20-,27-25-,28-26-,32-31-,35-34-,38-37-,42-40-. The van der Waals surface area contributed by atoms with Crippen LogP contribution < -0.4 is 0 Å². The first-order chi connectivity index (χ1) is 39.0. The minimum atomic E-state index is -4.40. The van der Waals surface area contributed by atoms with Crippen LogP contribution in [0.4, 0.5) is 0 Å². The van der Waals surface area contributed by atoms with Crippen LogP contribution in [0.5, 0.6) is 0 Å². The van der Waals surface area contributed by atoms with E-state index in [1.54, 1.807) is 0 Å². The number of hydrogen-bond donors (Lipinski definition) is 1. The molecule has 0 saturated carbocycles. The van der Waals surface area contributed by atoms with E-state index in [9.17, 15) is 19.0 Å². The molecule has 0 aliphatic carbocycles. The lowest BCUT2D eigenvalue weighted by atomic mass is 10.0. The molecular weight excluding hydrogens is 1010 g/mol. The lowest BCUT2D eigenvalue weighted by Crippen LogP contribution is -2.37. The van der Waals surface area contributed by atoms with Crippen molar-refractivity contribution in [1.29, 1.82) is 0 Å². The summed E-state index contributed by atoms with van der Waals surface area (Å²) in [6.45, 7) is 4.30. The summed E-state index contributed by atoms with van der Waals surface area (Å²) in [6.07, 6.45) is 85.6. The molecule has 0 saturated heterocycles. The number of likely N-dealkylation sites (N-methyl/N-ethyl adjacent to an activating group) is 1. The molecule has 80 heavy (non-hydrogen) atoms. The van der Waals surface area contributed by atoms with Crippen LogP contribution in [0.2, 0.25) is 0 Å². The molecule has 0 amide bonds. The summed E-state index contributed by atoms with van der Waals surface area (Å²) < 4.78 is 34.6. The minimum absolute atomic E-state index is 0.0242. The predicted octanol–water partition coefficient (Wildman–Crippen LogP) is 20.7. The summed E-state index contributed by atoms with van der Waals surface area (Å²) in [7, 11) is 1.46. The molecule has 2 unspecified atom stereocenters. The highest BCUT2D eigenvalue weighted by Crippen LogP contribution is 2.43. The number of phosphoric ester groups is 1. The molecule has 0 aliphatic rings. The van der Waals surface area contributed by atoms with Crippen molar-refractivity contribution < 1.29 is 42.1 Å². The molecule has 10 heteroatoms. The van der Waals surface area contributed by atoms with Gasteiger partial charge in [0.05, 0.1) is 27.7 Å². The maximum absolute atomic E-state index is 12.9. The molecule has 0 bridgehead atoms. The van der Waals surface area contributed by atoms with E-state index in [0.29, 0.717) is 17.4 Å². The maximum Gasteiger partial charge on any atom is 0.472 e. The molecule has 0 radical (unpaired) electrons. The largest absolute Gasteiger partial charge is 0.472 e. The monoisotopic (exact) mass is 1130 g/mol. The van der Waals surface area contributed by atoms with Crippen molar-refractivity contribution in [2.24, 2.45) is 0 Å². The van der Waals surface area contributed by atoms with Crippen LogP contribution in [0.3, 0.4) is 0 Å². The third-order valence-corrected chi connectivity index (χ3v) is 14.5. The minimum Gasteiger partial charge on any atom is -0.462 e. The molecular formula is C70H121NO8P+. The highest BCUT2D eigenvalue weighted by atomic mass is 31.2. The molecule has 0 aromatic heterocycles. The van der Waals surface area contributed by atoms with Gasteiger partial charge in [0.15, 0.2) is 6.10 Å². The first kappa shape index (κ1) is 76.4. The normalized spacial score (nSPS) is 14.0. The van der Waals surface area contributed by atoms with Crippen LogP contribution in [0.1, 0.15) is 258 Å². The van der Waals surface area contributed by atoms with E-state index in [2.05, 4.69) is 135 Å². The first-order valence-electron chi connectivity index (χ1n) is 32.3. The van der Waals surface area contributed by atoms with Gasteiger partial charge < -0.3 is 18.9 Å². The Kier molecular flexibility index (Phi) is 57.3. The molecule has 0 aromatic rings. The Balaban J connectivity index is 4.15. The first-order valence-corrected chi connectivity index (χ1v) is 33.8. The number of allylic oxidation sites excluding steroid dienone is 20. The highest BCUT2D eigenvalue weighted by Gasteiger charge is 2.27. The SMILES string of the molecule is CC/C=C\C/C=C\C/C=C\C/C=C\C/C=C\C/C=C\C/C=C\CCCCCCCCCCCCCC(=O)OC(COC(=O)CCCCCCCCCC/C=C\C/C=C\C/C=C\CCCCCCC)COP(=O)(O)OCC[N+](C)(C)C. The van der Waals surface area contributed by atoms with Gasteiger partial charge in [-0.15, -0.1) is 0 Å². The quantitative estimate of drug-likeness (QED) is 0.0211. The number of ether oxygens (including phenoxy) is 2. The number of unbranched alkanes of at least 4 members (excludes halogenated alkanes) is 24. The molecule has 0 spiro atoms. The predicted molar refractivity (Wildman–Crippen MR) is 344 cm³/mol. The van der Waals surface area contributed by atoms with Crippen molar-refractivity contribution in [3.05, 3.63) is 122 Å². The Morgan fingerprint density at radius 3 is 1.06 bits per heavy atom. The second-order valence-electron chi connectivity index (χ2n) is 22.4. The van der Waals surface area contributed by atoms with Crippen LogP contribution in [-0.4, -0.2) is 74.9 Å². The third-order valence-electron chi connectivity index (χ3n) is 13.5. The topological polar surface area (TPSA) is 108 Å². The lowest BCUT2D eigenvalue weighted by molar-refractivity contribution is -0.870. The second-order valence-corrected chi connectivity index (χ2v) is 23.9. The summed E-state index contributed by atoms with van der Waals surface area (Å²) in [5.74, 6) is -0.812. The molecule has 9 nitrogen and oxygen atoms in total. The molecule has 1 N–H and O–H groups in total. The number of rotatable bonds is 58. The van der Waals surface area contributed by atoms with Gasteiger partial charge in [-0.2, -0.15) is 0 Å². The number of nitrogens with zero attached hydrogens (tertiary/aromatic N) is 1. The molecule has 458 valence electrons. The van der Waals surface area contributed by atoms with Gasteiger partial charge in [-0.05, 0) is 109 Å². The molecule has 0 fully saturated rings. The van der Waals surface area contributed by atoms with Gasteiger partial charge in [-0.1, -0.05) is 257 Å². The van der Waals surface area contributed by atoms with E-state index < -0.39 is 26.5 Å². The van der Waals surface area contributed by atoms with Gasteiger partial charge in [-0.3, -0.25) is 18.6 Å². The Hall–Kier alpha value is -3.59. The van der Waals surface area contributed by atoms with Crippen LogP contribution in [0.15, 0.2) is 122 Å². The number of carbonyl (C=O) groups is 2. The second kappa shape index (κ2) is 60.0. The average molecular weight is 1140 g/mol. The summed E-state index contributed by atoms with van der Waals surface area (Å²) in [6, 6.07) is 0. The van der Waals surface area contributed by atoms with Crippen molar-refractivity contribution in [3.63, 3.8) is 0 Å². The van der Waals surface area contributed by atoms with Crippen molar-refractivity contribution >= 4 is 19.8 Å². The fourth-order valence-corrected chi connectivity index (χ4v) is 9.27. The van der Waals surface area contributed by atoms with Gasteiger partial charge in [0, 0.05) is 12.8 Å². The Bertz CT molecular complexity index is 1760. The van der Waals surface area contributed by atoms with Crippen molar-refractivity contribution in [2.75, 3.05) is 47.5 Å². The van der Waals surface area contributed by atoms with Gasteiger partial charge in [-0.25, -0.2) is 4.57 Å². The third kappa shape index (κ3) is 63.6. The Morgan fingerprint density at radius 2 is 0.713 bits per heavy atom. The fraction of sp³-hybridized carbons (Fsp3) is 0.686. The van der Waals surface area contributed by atoms with Crippen molar-refractivity contribution in [1.82, 2.24) is 0 Å². The van der Waals surface area contributed by atoms with Gasteiger partial charge >= 0.3 is 19.8 Å². The van der Waals surface area contributed by atoms with Crippen LogP contribution >= 0.6 is 7.82 Å². The van der Waals surface area contributed by atoms with E-state index in [0.717, 1.165) is 116 Å². The molecule has 0 aromatic carbocycles. The molecule has 0 aliphatic heterocycles. The van der Waals surface area contributed by atoms with E-state index in [1.165, 1.54) is 109 Å². The zero-order chi connectivity index (χ0) is 58.4. The summed E-state index contributed by atoms with van der Waals surface area (Å²) in [4.78, 5) is 35.8. The molecule has 2 atom stereocenters. The summed E-state index contributed by atoms with van der Waals surface area (Å²) in [5.41, 5.74) is 0. The number of quaternary nitrogens is 1. The number of phosphoric acid groups is 1. The van der Waals surface area contributed by atoms with E-state index in [-0.39, 0.29) is 32.0 Å². The zero-order valence-corrected chi connectivity index (χ0v) is 52.9. The molecule has 0 rings (SSSR count). The molecule has 0 heterocycles. The Labute approximate surface area is 492 Å². The fourth-order valence-electron chi connectivity index (χ4n) is 8.53. The number of hydrogen-bond acceptors (Lipinski definition) is 7.